The molecule has 0 saturated carbocycles. The topological polar surface area (TPSA) is 52.0 Å². The van der Waals surface area contributed by atoms with Crippen LogP contribution in [0.5, 0.6) is 5.75 Å². The summed E-state index contributed by atoms with van der Waals surface area (Å²) in [5.74, 6) is 0.860. The molecule has 0 spiro atoms. The third-order valence-electron chi connectivity index (χ3n) is 3.15. The van der Waals surface area contributed by atoms with E-state index in [0.717, 1.165) is 36.6 Å². The van der Waals surface area contributed by atoms with E-state index in [4.69, 9.17) is 4.74 Å². The Morgan fingerprint density at radius 3 is 2.85 bits per heavy atom. The number of nitrogens with zero attached hydrogens (tertiary/aromatic N) is 3. The fraction of sp³-hybridized carbons (Fsp3) is 0.467. The van der Waals surface area contributed by atoms with Gasteiger partial charge in [0.1, 0.15) is 5.75 Å². The van der Waals surface area contributed by atoms with E-state index < -0.39 is 0 Å². The van der Waals surface area contributed by atoms with Gasteiger partial charge in [0.15, 0.2) is 0 Å². The number of ether oxygens (including phenoxy) is 1. The van der Waals surface area contributed by atoms with Gasteiger partial charge in [0, 0.05) is 37.6 Å². The largest absolute Gasteiger partial charge is 0.491 e. The lowest BCUT2D eigenvalue weighted by Gasteiger charge is -2.12. The van der Waals surface area contributed by atoms with Crippen LogP contribution in [0.2, 0.25) is 0 Å². The van der Waals surface area contributed by atoms with Crippen LogP contribution in [-0.4, -0.2) is 27.9 Å². The molecule has 0 amide bonds. The van der Waals surface area contributed by atoms with Crippen LogP contribution in [0.1, 0.15) is 24.0 Å². The quantitative estimate of drug-likeness (QED) is 0.837. The number of aromatic nitrogens is 3. The summed E-state index contributed by atoms with van der Waals surface area (Å²) in [6, 6.07) is 5.99. The number of hydrogen-bond donors (Lipinski definition) is 1. The number of pyridine rings is 1. The molecule has 2 aromatic heterocycles. The second kappa shape index (κ2) is 7.05. The van der Waals surface area contributed by atoms with E-state index in [0.29, 0.717) is 6.61 Å². The van der Waals surface area contributed by atoms with Gasteiger partial charge in [-0.1, -0.05) is 6.92 Å². The highest BCUT2D eigenvalue weighted by atomic mass is 16.5. The molecule has 0 radical (unpaired) electrons. The summed E-state index contributed by atoms with van der Waals surface area (Å²) in [5, 5.41) is 7.44. The van der Waals surface area contributed by atoms with Crippen LogP contribution in [0.4, 0.5) is 0 Å². The lowest BCUT2D eigenvalue weighted by Crippen LogP contribution is -2.15. The molecular formula is C15H22N4O. The molecule has 5 nitrogen and oxygen atoms in total. The summed E-state index contributed by atoms with van der Waals surface area (Å²) in [6.07, 6.45) is 2.64. The van der Waals surface area contributed by atoms with Crippen LogP contribution in [0, 0.1) is 6.92 Å². The van der Waals surface area contributed by atoms with Crippen LogP contribution in [0.3, 0.4) is 0 Å². The minimum atomic E-state index is 0.628. The number of rotatable bonds is 7. The van der Waals surface area contributed by atoms with Crippen LogP contribution in [0.15, 0.2) is 24.4 Å². The van der Waals surface area contributed by atoms with Crippen LogP contribution in [0.25, 0.3) is 0 Å². The summed E-state index contributed by atoms with van der Waals surface area (Å²) in [6.45, 7) is 6.36. The van der Waals surface area contributed by atoms with Crippen molar-refractivity contribution in [2.24, 2.45) is 7.05 Å². The first-order valence-electron chi connectivity index (χ1n) is 6.97. The maximum atomic E-state index is 5.87. The molecule has 2 rings (SSSR count). The summed E-state index contributed by atoms with van der Waals surface area (Å²) in [7, 11) is 1.94. The van der Waals surface area contributed by atoms with Crippen molar-refractivity contribution in [2.45, 2.75) is 26.8 Å². The lowest BCUT2D eigenvalue weighted by molar-refractivity contribution is 0.312. The van der Waals surface area contributed by atoms with Gasteiger partial charge in [-0.3, -0.25) is 9.67 Å². The molecule has 0 saturated heterocycles. The smallest absolute Gasteiger partial charge is 0.142 e. The van der Waals surface area contributed by atoms with Gasteiger partial charge >= 0.3 is 0 Å². The van der Waals surface area contributed by atoms with E-state index in [9.17, 15) is 0 Å². The highest BCUT2D eigenvalue weighted by Gasteiger charge is 2.06. The van der Waals surface area contributed by atoms with E-state index >= 15 is 0 Å². The molecule has 5 heteroatoms. The second-order valence-corrected chi connectivity index (χ2v) is 4.72. The fourth-order valence-electron chi connectivity index (χ4n) is 2.01. The SMILES string of the molecule is CCNCc1nc(C)ccc1OCCc1ccnn1C. The van der Waals surface area contributed by atoms with E-state index in [1.165, 1.54) is 5.69 Å². The summed E-state index contributed by atoms with van der Waals surface area (Å²) >= 11 is 0. The van der Waals surface area contributed by atoms with Crippen molar-refractivity contribution in [2.75, 3.05) is 13.2 Å². The number of aryl methyl sites for hydroxylation is 2. The Morgan fingerprint density at radius 1 is 1.30 bits per heavy atom. The molecule has 0 aliphatic rings. The lowest BCUT2D eigenvalue weighted by atomic mass is 10.2. The normalized spacial score (nSPS) is 10.8. The molecule has 0 bridgehead atoms. The first-order valence-corrected chi connectivity index (χ1v) is 6.97. The van der Waals surface area contributed by atoms with Gasteiger partial charge < -0.3 is 10.1 Å². The molecule has 0 fully saturated rings. The van der Waals surface area contributed by atoms with Gasteiger partial charge in [-0.05, 0) is 31.7 Å². The molecule has 1 N–H and O–H groups in total. The molecule has 0 unspecified atom stereocenters. The van der Waals surface area contributed by atoms with Crippen molar-refractivity contribution in [3.05, 3.63) is 41.5 Å². The van der Waals surface area contributed by atoms with Crippen LogP contribution in [-0.2, 0) is 20.0 Å². The van der Waals surface area contributed by atoms with Gasteiger partial charge in [-0.25, -0.2) is 0 Å². The van der Waals surface area contributed by atoms with Gasteiger partial charge in [0.25, 0.3) is 0 Å². The zero-order chi connectivity index (χ0) is 14.4. The molecule has 0 atom stereocenters. The van der Waals surface area contributed by atoms with Gasteiger partial charge in [-0.2, -0.15) is 5.10 Å². The van der Waals surface area contributed by atoms with E-state index in [1.54, 1.807) is 6.20 Å². The average molecular weight is 274 g/mol. The Morgan fingerprint density at radius 2 is 2.15 bits per heavy atom. The predicted molar refractivity (Wildman–Crippen MR) is 78.8 cm³/mol. The van der Waals surface area contributed by atoms with Gasteiger partial charge in [-0.15, -0.1) is 0 Å². The van der Waals surface area contributed by atoms with Crippen molar-refractivity contribution >= 4 is 0 Å². The summed E-state index contributed by atoms with van der Waals surface area (Å²) < 4.78 is 7.75. The summed E-state index contributed by atoms with van der Waals surface area (Å²) in [5.41, 5.74) is 3.15. The molecule has 0 aromatic carbocycles. The molecule has 20 heavy (non-hydrogen) atoms. The van der Waals surface area contributed by atoms with Crippen LogP contribution < -0.4 is 10.1 Å². The van der Waals surface area contributed by atoms with Crippen molar-refractivity contribution < 1.29 is 4.74 Å². The van der Waals surface area contributed by atoms with Crippen molar-refractivity contribution in [3.8, 4) is 5.75 Å². The van der Waals surface area contributed by atoms with Gasteiger partial charge in [0.2, 0.25) is 0 Å². The Bertz CT molecular complexity index is 551. The minimum absolute atomic E-state index is 0.628. The zero-order valence-electron chi connectivity index (χ0n) is 12.4. The predicted octanol–water partition coefficient (Wildman–Crippen LogP) is 1.85. The molecule has 0 aliphatic heterocycles. The fourth-order valence-corrected chi connectivity index (χ4v) is 2.01. The highest BCUT2D eigenvalue weighted by Crippen LogP contribution is 2.17. The van der Waals surface area contributed by atoms with E-state index in [2.05, 4.69) is 22.3 Å². The van der Waals surface area contributed by atoms with Crippen molar-refractivity contribution in [1.29, 1.82) is 0 Å². The average Bonchev–Trinajstić information content (AvgIpc) is 2.84. The molecule has 0 aliphatic carbocycles. The van der Waals surface area contributed by atoms with Crippen molar-refractivity contribution in [3.63, 3.8) is 0 Å². The van der Waals surface area contributed by atoms with Crippen LogP contribution >= 0.6 is 0 Å². The Balaban J connectivity index is 1.96. The second-order valence-electron chi connectivity index (χ2n) is 4.72. The monoisotopic (exact) mass is 274 g/mol. The number of nitrogens with one attached hydrogen (secondary N) is 1. The Labute approximate surface area is 120 Å². The highest BCUT2D eigenvalue weighted by molar-refractivity contribution is 5.29. The molecule has 2 aromatic rings. The van der Waals surface area contributed by atoms with Crippen molar-refractivity contribution in [1.82, 2.24) is 20.1 Å². The molecule has 2 heterocycles. The van der Waals surface area contributed by atoms with E-state index in [-0.39, 0.29) is 0 Å². The standard InChI is InChI=1S/C15H22N4O/c1-4-16-11-14-15(6-5-12(2)18-14)20-10-8-13-7-9-17-19(13)3/h5-7,9,16H,4,8,10-11H2,1-3H3. The third kappa shape index (κ3) is 3.81. The Kier molecular flexibility index (Phi) is 5.12. The van der Waals surface area contributed by atoms with Gasteiger partial charge in [0.05, 0.1) is 12.3 Å². The number of hydrogen-bond acceptors (Lipinski definition) is 4. The van der Waals surface area contributed by atoms with E-state index in [1.807, 2.05) is 36.9 Å². The maximum absolute atomic E-state index is 5.87. The molecule has 108 valence electrons. The maximum Gasteiger partial charge on any atom is 0.142 e. The first kappa shape index (κ1) is 14.5. The zero-order valence-corrected chi connectivity index (χ0v) is 12.4. The Hall–Kier alpha value is -1.88. The first-order chi connectivity index (χ1) is 9.70. The summed E-state index contributed by atoms with van der Waals surface area (Å²) in [4.78, 5) is 4.54. The third-order valence-corrected chi connectivity index (χ3v) is 3.15. The minimum Gasteiger partial charge on any atom is -0.491 e. The molecular weight excluding hydrogens is 252 g/mol.